The number of benzene rings is 2. The SMILES string of the molecule is COCCCn1cc(-c2cc(F)cc(-c3ccc(-n4ccn(C)c4=O)c(C)c3)c2O)cc(N2CCN[C@H](C)C2)c1=O. The van der Waals surface area contributed by atoms with Gasteiger partial charge in [-0.15, -0.1) is 0 Å². The summed E-state index contributed by atoms with van der Waals surface area (Å²) >= 11 is 0. The van der Waals surface area contributed by atoms with Gasteiger partial charge >= 0.3 is 5.69 Å². The first-order chi connectivity index (χ1) is 19.7. The summed E-state index contributed by atoms with van der Waals surface area (Å²) < 4.78 is 25.0. The molecule has 216 valence electrons. The van der Waals surface area contributed by atoms with Crippen LogP contribution in [0.5, 0.6) is 5.75 Å². The van der Waals surface area contributed by atoms with Gasteiger partial charge in [-0.3, -0.25) is 9.36 Å². The van der Waals surface area contributed by atoms with Crippen LogP contribution in [-0.2, 0) is 18.3 Å². The Bertz CT molecular complexity index is 1690. The summed E-state index contributed by atoms with van der Waals surface area (Å²) in [6, 6.07) is 9.94. The number of imidazole rings is 1. The molecule has 1 aliphatic rings. The van der Waals surface area contributed by atoms with E-state index in [4.69, 9.17) is 4.74 Å². The van der Waals surface area contributed by atoms with Crippen LogP contribution in [-0.4, -0.2) is 58.2 Å². The van der Waals surface area contributed by atoms with E-state index >= 15 is 4.39 Å². The van der Waals surface area contributed by atoms with Crippen LogP contribution in [0.3, 0.4) is 0 Å². The Balaban J connectivity index is 1.60. The second-order valence-electron chi connectivity index (χ2n) is 10.7. The van der Waals surface area contributed by atoms with Crippen molar-refractivity contribution < 1.29 is 14.2 Å². The van der Waals surface area contributed by atoms with Crippen molar-refractivity contribution >= 4 is 5.69 Å². The second-order valence-corrected chi connectivity index (χ2v) is 10.7. The second kappa shape index (κ2) is 11.8. The van der Waals surface area contributed by atoms with Crippen LogP contribution < -0.4 is 21.5 Å². The molecule has 2 aromatic heterocycles. The number of hydrogen-bond donors (Lipinski definition) is 2. The predicted molar refractivity (Wildman–Crippen MR) is 159 cm³/mol. The van der Waals surface area contributed by atoms with Crippen molar-refractivity contribution in [1.82, 2.24) is 19.0 Å². The molecule has 10 heteroatoms. The fourth-order valence-electron chi connectivity index (χ4n) is 5.47. The number of methoxy groups -OCH3 is 1. The van der Waals surface area contributed by atoms with Gasteiger partial charge in [-0.05, 0) is 61.7 Å². The van der Waals surface area contributed by atoms with Crippen LogP contribution in [0.15, 0.2) is 64.6 Å². The molecule has 1 fully saturated rings. The van der Waals surface area contributed by atoms with Gasteiger partial charge in [0.2, 0.25) is 0 Å². The molecule has 0 spiro atoms. The van der Waals surface area contributed by atoms with Crippen LogP contribution in [0, 0.1) is 12.7 Å². The molecule has 1 atom stereocenters. The lowest BCUT2D eigenvalue weighted by atomic mass is 9.96. The molecule has 3 heterocycles. The number of phenols is 1. The monoisotopic (exact) mass is 561 g/mol. The van der Waals surface area contributed by atoms with Crippen molar-refractivity contribution in [3.8, 4) is 33.7 Å². The highest BCUT2D eigenvalue weighted by molar-refractivity contribution is 5.83. The number of aromatic nitrogens is 3. The topological polar surface area (TPSA) is 93.7 Å². The number of aryl methyl sites for hydroxylation is 3. The van der Waals surface area contributed by atoms with Crippen LogP contribution in [0.1, 0.15) is 18.9 Å². The molecule has 2 N–H and O–H groups in total. The number of hydrogen-bond acceptors (Lipinski definition) is 6. The van der Waals surface area contributed by atoms with Crippen molar-refractivity contribution in [2.75, 3.05) is 38.3 Å². The smallest absolute Gasteiger partial charge is 0.332 e. The summed E-state index contributed by atoms with van der Waals surface area (Å²) in [5.74, 6) is -0.597. The van der Waals surface area contributed by atoms with Crippen LogP contribution in [0.2, 0.25) is 0 Å². The van der Waals surface area contributed by atoms with Crippen molar-refractivity contribution in [1.29, 1.82) is 0 Å². The lowest BCUT2D eigenvalue weighted by Gasteiger charge is -2.33. The van der Waals surface area contributed by atoms with Gasteiger partial charge in [0, 0.05) is 88.3 Å². The number of halogens is 1. The number of ether oxygens (including phenoxy) is 1. The molecular formula is C31H36FN5O4. The fourth-order valence-corrected chi connectivity index (χ4v) is 5.47. The van der Waals surface area contributed by atoms with E-state index in [-0.39, 0.29) is 23.0 Å². The maximum absolute atomic E-state index is 15.2. The van der Waals surface area contributed by atoms with Crippen molar-refractivity contribution in [3.63, 3.8) is 0 Å². The third-order valence-electron chi connectivity index (χ3n) is 7.62. The Morgan fingerprint density at radius 3 is 2.49 bits per heavy atom. The highest BCUT2D eigenvalue weighted by atomic mass is 19.1. The standard InChI is InChI=1S/C31H36FN5O4/c1-20-14-22(6-7-27(20)37-12-11-34(3)31(37)40)25-16-24(32)17-26(29(25)38)23-15-28(35-10-8-33-21(2)18-35)30(39)36(19-23)9-5-13-41-4/h6-7,11-12,14-17,19,21,33,38H,5,8-10,13,18H2,1-4H3/t21-/m1/s1. The molecule has 0 bridgehead atoms. The summed E-state index contributed by atoms with van der Waals surface area (Å²) in [6.45, 7) is 6.93. The minimum atomic E-state index is -0.511. The Morgan fingerprint density at radius 1 is 1.07 bits per heavy atom. The molecule has 0 amide bonds. The summed E-state index contributed by atoms with van der Waals surface area (Å²) in [7, 11) is 3.30. The summed E-state index contributed by atoms with van der Waals surface area (Å²) in [5, 5.41) is 14.9. The molecule has 0 unspecified atom stereocenters. The molecule has 0 radical (unpaired) electrons. The van der Waals surface area contributed by atoms with Gasteiger partial charge in [-0.25, -0.2) is 9.18 Å². The zero-order chi connectivity index (χ0) is 29.3. The highest BCUT2D eigenvalue weighted by Gasteiger charge is 2.22. The Labute approximate surface area is 238 Å². The molecule has 5 rings (SSSR count). The maximum atomic E-state index is 15.2. The number of anilines is 1. The molecule has 1 saturated heterocycles. The van der Waals surface area contributed by atoms with E-state index in [9.17, 15) is 14.7 Å². The van der Waals surface area contributed by atoms with Crippen LogP contribution in [0.25, 0.3) is 27.9 Å². The quantitative estimate of drug-likeness (QED) is 0.319. The number of nitrogens with zero attached hydrogens (tertiary/aromatic N) is 4. The molecule has 41 heavy (non-hydrogen) atoms. The largest absolute Gasteiger partial charge is 0.507 e. The minimum Gasteiger partial charge on any atom is -0.507 e. The Morgan fingerprint density at radius 2 is 1.83 bits per heavy atom. The zero-order valence-corrected chi connectivity index (χ0v) is 23.9. The first-order valence-electron chi connectivity index (χ1n) is 13.8. The number of nitrogens with one attached hydrogen (secondary N) is 1. The van der Waals surface area contributed by atoms with E-state index in [1.807, 2.05) is 17.9 Å². The van der Waals surface area contributed by atoms with E-state index < -0.39 is 5.82 Å². The number of rotatable bonds is 8. The molecule has 0 saturated carbocycles. The lowest BCUT2D eigenvalue weighted by Crippen LogP contribution is -2.51. The first-order valence-corrected chi connectivity index (χ1v) is 13.8. The molecule has 0 aliphatic carbocycles. The van der Waals surface area contributed by atoms with Crippen molar-refractivity contribution in [3.05, 3.63) is 87.2 Å². The van der Waals surface area contributed by atoms with E-state index in [2.05, 4.69) is 12.2 Å². The van der Waals surface area contributed by atoms with E-state index in [0.29, 0.717) is 66.3 Å². The van der Waals surface area contributed by atoms with Gasteiger partial charge < -0.3 is 29.2 Å². The minimum absolute atomic E-state index is 0.0860. The Kier molecular flexibility index (Phi) is 8.14. The highest BCUT2D eigenvalue weighted by Crippen LogP contribution is 2.40. The predicted octanol–water partition coefficient (Wildman–Crippen LogP) is 3.66. The number of pyridine rings is 1. The zero-order valence-electron chi connectivity index (χ0n) is 23.9. The molecular weight excluding hydrogens is 525 g/mol. The van der Waals surface area contributed by atoms with E-state index in [1.165, 1.54) is 16.7 Å². The van der Waals surface area contributed by atoms with Crippen molar-refractivity contribution in [2.24, 2.45) is 7.05 Å². The number of aromatic hydroxyl groups is 1. The van der Waals surface area contributed by atoms with Gasteiger partial charge in [0.05, 0.1) is 5.69 Å². The van der Waals surface area contributed by atoms with Crippen molar-refractivity contribution in [2.45, 2.75) is 32.9 Å². The molecule has 9 nitrogen and oxygen atoms in total. The van der Waals surface area contributed by atoms with Crippen LogP contribution in [0.4, 0.5) is 10.1 Å². The number of piperazine rings is 1. The lowest BCUT2D eigenvalue weighted by molar-refractivity contribution is 0.190. The third kappa shape index (κ3) is 5.71. The van der Waals surface area contributed by atoms with Gasteiger partial charge in [0.15, 0.2) is 0 Å². The fraction of sp³-hybridized carbons (Fsp3) is 0.355. The summed E-state index contributed by atoms with van der Waals surface area (Å²) in [6.07, 6.45) is 5.69. The van der Waals surface area contributed by atoms with Gasteiger partial charge in [0.1, 0.15) is 17.3 Å². The van der Waals surface area contributed by atoms with Crippen LogP contribution >= 0.6 is 0 Å². The first kappa shape index (κ1) is 28.4. The van der Waals surface area contributed by atoms with Gasteiger partial charge in [-0.2, -0.15) is 0 Å². The van der Waals surface area contributed by atoms with Gasteiger partial charge in [0.25, 0.3) is 5.56 Å². The summed E-state index contributed by atoms with van der Waals surface area (Å²) in [4.78, 5) is 28.0. The summed E-state index contributed by atoms with van der Waals surface area (Å²) in [5.41, 5.74) is 3.49. The average Bonchev–Trinajstić information content (AvgIpc) is 3.28. The molecule has 1 aliphatic heterocycles. The average molecular weight is 562 g/mol. The van der Waals surface area contributed by atoms with E-state index in [1.54, 1.807) is 60.1 Å². The Hall–Kier alpha value is -4.15. The van der Waals surface area contributed by atoms with E-state index in [0.717, 1.165) is 12.1 Å². The molecule has 4 aromatic rings. The third-order valence-corrected chi connectivity index (χ3v) is 7.62. The van der Waals surface area contributed by atoms with Gasteiger partial charge in [-0.1, -0.05) is 6.07 Å². The molecule has 2 aromatic carbocycles. The normalized spacial score (nSPS) is 15.4. The number of phenolic OH excluding ortho intramolecular Hbond substituents is 1. The maximum Gasteiger partial charge on any atom is 0.332 e.